The third-order valence-electron chi connectivity index (χ3n) is 9.61. The lowest BCUT2D eigenvalue weighted by Gasteiger charge is -2.60. The van der Waals surface area contributed by atoms with Crippen LogP contribution < -0.4 is 5.43 Å². The molecule has 30 heavy (non-hydrogen) atoms. The Morgan fingerprint density at radius 1 is 1.10 bits per heavy atom. The van der Waals surface area contributed by atoms with Crippen molar-refractivity contribution in [1.82, 2.24) is 10.4 Å². The van der Waals surface area contributed by atoms with Crippen molar-refractivity contribution in [2.45, 2.75) is 77.7 Å². The predicted octanol–water partition coefficient (Wildman–Crippen LogP) is 4.57. The molecule has 0 radical (unpaired) electrons. The molecule has 0 aromatic carbocycles. The fourth-order valence-corrected chi connectivity index (χ4v) is 7.89. The van der Waals surface area contributed by atoms with Crippen molar-refractivity contribution >= 4 is 11.6 Å². The van der Waals surface area contributed by atoms with Crippen molar-refractivity contribution in [2.75, 3.05) is 0 Å². The van der Waals surface area contributed by atoms with Gasteiger partial charge in [-0.2, -0.15) is 5.10 Å². The molecular weight excluding hydrogens is 374 g/mol. The lowest BCUT2D eigenvalue weighted by molar-refractivity contribution is -0.113. The zero-order valence-corrected chi connectivity index (χ0v) is 18.3. The largest absolute Gasteiger partial charge is 0.393 e. The smallest absolute Gasteiger partial charge is 0.271 e. The molecule has 4 fully saturated rings. The van der Waals surface area contributed by atoms with Gasteiger partial charge in [-0.1, -0.05) is 13.8 Å². The molecule has 4 aliphatic rings. The maximum absolute atomic E-state index is 12.5. The van der Waals surface area contributed by atoms with E-state index in [1.165, 1.54) is 44.2 Å². The lowest BCUT2D eigenvalue weighted by Crippen LogP contribution is -2.54. The molecule has 1 aromatic rings. The van der Waals surface area contributed by atoms with Crippen LogP contribution in [0.4, 0.5) is 0 Å². The molecule has 162 valence electrons. The van der Waals surface area contributed by atoms with Crippen LogP contribution in [0.2, 0.25) is 0 Å². The maximum atomic E-state index is 12.5. The number of nitrogens with one attached hydrogen (secondary N) is 1. The molecule has 5 nitrogen and oxygen atoms in total. The van der Waals surface area contributed by atoms with Crippen LogP contribution in [0.15, 0.2) is 29.6 Å². The number of aromatic nitrogens is 1. The van der Waals surface area contributed by atoms with Crippen LogP contribution in [0.5, 0.6) is 0 Å². The van der Waals surface area contributed by atoms with Gasteiger partial charge in [0, 0.05) is 29.1 Å². The first-order chi connectivity index (χ1) is 14.4. The predicted molar refractivity (Wildman–Crippen MR) is 117 cm³/mol. The van der Waals surface area contributed by atoms with Crippen LogP contribution in [0, 0.1) is 34.5 Å². The van der Waals surface area contributed by atoms with E-state index in [4.69, 9.17) is 0 Å². The first-order valence-corrected chi connectivity index (χ1v) is 11.9. The van der Waals surface area contributed by atoms with Crippen molar-refractivity contribution in [2.24, 2.45) is 39.6 Å². The van der Waals surface area contributed by atoms with Crippen LogP contribution in [-0.4, -0.2) is 27.8 Å². The molecule has 7 atom stereocenters. The molecule has 1 heterocycles. The summed E-state index contributed by atoms with van der Waals surface area (Å²) in [5.41, 5.74) is 5.13. The highest BCUT2D eigenvalue weighted by molar-refractivity contribution is 5.97. The van der Waals surface area contributed by atoms with E-state index in [0.717, 1.165) is 31.1 Å². The third kappa shape index (κ3) is 3.12. The Hall–Kier alpha value is -1.75. The Morgan fingerprint density at radius 2 is 1.90 bits per heavy atom. The Kier molecular flexibility index (Phi) is 5.00. The molecule has 5 rings (SSSR count). The van der Waals surface area contributed by atoms with E-state index >= 15 is 0 Å². The maximum Gasteiger partial charge on any atom is 0.271 e. The molecule has 0 bridgehead atoms. The van der Waals surface area contributed by atoms with E-state index in [-0.39, 0.29) is 17.4 Å². The summed E-state index contributed by atoms with van der Waals surface area (Å²) in [5.74, 6) is 2.77. The van der Waals surface area contributed by atoms with Gasteiger partial charge < -0.3 is 5.11 Å². The number of aliphatic hydroxyl groups is 1. The standard InChI is InChI=1S/C25H35N3O2/c1-24-11-7-18(29)15-17(24)3-4-19-20-5-6-22(25(20,2)12-8-21(19)24)27-28-23(30)16-9-13-26-14-10-16/h9-10,13-14,17-21,29H,3-8,11-12,15H2,1-2H3,(H,28,30)/b27-22+/t17-,18-,19+,20-,21+,24-,25-/m0/s1. The van der Waals surface area contributed by atoms with Gasteiger partial charge in [0.05, 0.1) is 6.10 Å². The highest BCUT2D eigenvalue weighted by atomic mass is 16.3. The molecule has 2 N–H and O–H groups in total. The summed E-state index contributed by atoms with van der Waals surface area (Å²) in [5, 5.41) is 14.9. The number of fused-ring (bicyclic) bond motifs is 5. The summed E-state index contributed by atoms with van der Waals surface area (Å²) in [4.78, 5) is 16.4. The Morgan fingerprint density at radius 3 is 2.70 bits per heavy atom. The number of aliphatic hydroxyl groups excluding tert-OH is 1. The molecule has 0 spiro atoms. The number of hydrogen-bond donors (Lipinski definition) is 2. The van der Waals surface area contributed by atoms with Crippen LogP contribution in [-0.2, 0) is 0 Å². The third-order valence-corrected chi connectivity index (χ3v) is 9.61. The lowest BCUT2D eigenvalue weighted by atomic mass is 9.45. The average molecular weight is 410 g/mol. The van der Waals surface area contributed by atoms with E-state index in [0.29, 0.717) is 22.8 Å². The molecule has 0 unspecified atom stereocenters. The van der Waals surface area contributed by atoms with Crippen molar-refractivity contribution < 1.29 is 9.90 Å². The molecule has 1 amide bonds. The van der Waals surface area contributed by atoms with Crippen molar-refractivity contribution in [3.8, 4) is 0 Å². The highest BCUT2D eigenvalue weighted by Gasteiger charge is 2.59. The van der Waals surface area contributed by atoms with Gasteiger partial charge in [0.25, 0.3) is 5.91 Å². The molecule has 0 aliphatic heterocycles. The van der Waals surface area contributed by atoms with Crippen LogP contribution in [0.1, 0.15) is 82.0 Å². The fraction of sp³-hybridized carbons (Fsp3) is 0.720. The quantitative estimate of drug-likeness (QED) is 0.703. The Labute approximate surface area is 179 Å². The zero-order valence-electron chi connectivity index (χ0n) is 18.3. The fourth-order valence-electron chi connectivity index (χ4n) is 7.89. The number of pyridine rings is 1. The second-order valence-electron chi connectivity index (χ2n) is 10.8. The van der Waals surface area contributed by atoms with E-state index in [1.807, 2.05) is 0 Å². The number of carbonyl (C=O) groups excluding carboxylic acids is 1. The van der Waals surface area contributed by atoms with Crippen molar-refractivity contribution in [3.63, 3.8) is 0 Å². The van der Waals surface area contributed by atoms with Gasteiger partial charge in [-0.15, -0.1) is 0 Å². The van der Waals surface area contributed by atoms with Gasteiger partial charge in [-0.25, -0.2) is 5.43 Å². The van der Waals surface area contributed by atoms with Crippen LogP contribution in [0.25, 0.3) is 0 Å². The normalized spacial score (nSPS) is 44.1. The van der Waals surface area contributed by atoms with Gasteiger partial charge in [0.1, 0.15) is 0 Å². The monoisotopic (exact) mass is 409 g/mol. The minimum atomic E-state index is -0.153. The Bertz CT molecular complexity index is 840. The zero-order chi connectivity index (χ0) is 20.9. The number of rotatable bonds is 2. The number of hydrazone groups is 1. The highest BCUT2D eigenvalue weighted by Crippen LogP contribution is 2.65. The number of nitrogens with zero attached hydrogens (tertiary/aromatic N) is 2. The Balaban J connectivity index is 1.33. The molecule has 4 saturated carbocycles. The summed E-state index contributed by atoms with van der Waals surface area (Å²) in [6.07, 6.45) is 13.6. The van der Waals surface area contributed by atoms with E-state index in [9.17, 15) is 9.90 Å². The first kappa shape index (κ1) is 20.2. The van der Waals surface area contributed by atoms with Crippen LogP contribution >= 0.6 is 0 Å². The second-order valence-corrected chi connectivity index (χ2v) is 10.8. The summed E-state index contributed by atoms with van der Waals surface area (Å²) in [6, 6.07) is 3.44. The summed E-state index contributed by atoms with van der Waals surface area (Å²) >= 11 is 0. The summed E-state index contributed by atoms with van der Waals surface area (Å²) in [6.45, 7) is 4.93. The summed E-state index contributed by atoms with van der Waals surface area (Å²) < 4.78 is 0. The summed E-state index contributed by atoms with van der Waals surface area (Å²) in [7, 11) is 0. The van der Waals surface area contributed by atoms with E-state index in [2.05, 4.69) is 29.4 Å². The average Bonchev–Trinajstić information content (AvgIpc) is 3.09. The SMILES string of the molecule is C[C@]12CC[C@H](O)C[C@@H]1CC[C@H]1[C@H]2CC[C@]2(C)/C(=N/NC(=O)c3ccncc3)CC[C@@H]12. The van der Waals surface area contributed by atoms with Gasteiger partial charge in [0.15, 0.2) is 0 Å². The molecular formula is C25H35N3O2. The molecule has 5 heteroatoms. The second kappa shape index (κ2) is 7.44. The molecule has 4 aliphatic carbocycles. The van der Waals surface area contributed by atoms with Crippen molar-refractivity contribution in [3.05, 3.63) is 30.1 Å². The topological polar surface area (TPSA) is 74.6 Å². The van der Waals surface area contributed by atoms with Gasteiger partial charge in [-0.3, -0.25) is 9.78 Å². The number of carbonyl (C=O) groups is 1. The number of amides is 1. The molecule has 0 saturated heterocycles. The van der Waals surface area contributed by atoms with Gasteiger partial charge >= 0.3 is 0 Å². The minimum absolute atomic E-state index is 0.0808. The van der Waals surface area contributed by atoms with Crippen molar-refractivity contribution in [1.29, 1.82) is 0 Å². The van der Waals surface area contributed by atoms with E-state index < -0.39 is 0 Å². The molecule has 1 aromatic heterocycles. The first-order valence-electron chi connectivity index (χ1n) is 11.9. The minimum Gasteiger partial charge on any atom is -0.393 e. The van der Waals surface area contributed by atoms with Crippen LogP contribution in [0.3, 0.4) is 0 Å². The van der Waals surface area contributed by atoms with Gasteiger partial charge in [-0.05, 0) is 99.0 Å². The van der Waals surface area contributed by atoms with Gasteiger partial charge in [0.2, 0.25) is 0 Å². The van der Waals surface area contributed by atoms with E-state index in [1.54, 1.807) is 24.5 Å². The number of hydrogen-bond acceptors (Lipinski definition) is 4.